The molecule has 29 heavy (non-hydrogen) atoms. The van der Waals surface area contributed by atoms with Gasteiger partial charge in [0.05, 0.1) is 6.54 Å². The molecule has 0 bridgehead atoms. The summed E-state index contributed by atoms with van der Waals surface area (Å²) in [6.45, 7) is 2.37. The molecule has 0 saturated carbocycles. The van der Waals surface area contributed by atoms with Crippen molar-refractivity contribution in [3.63, 3.8) is 0 Å². The number of aryl methyl sites for hydroxylation is 1. The van der Waals surface area contributed by atoms with Crippen LogP contribution in [0.25, 0.3) is 0 Å². The highest BCUT2D eigenvalue weighted by atomic mass is 16.2. The minimum atomic E-state index is -0.330. The number of carbonyl (C=O) groups excluding carboxylic acids is 2. The lowest BCUT2D eigenvalue weighted by Crippen LogP contribution is -2.53. The lowest BCUT2D eigenvalue weighted by Gasteiger charge is -2.33. The van der Waals surface area contributed by atoms with Gasteiger partial charge < -0.3 is 5.32 Å². The lowest BCUT2D eigenvalue weighted by atomic mass is 10.1. The van der Waals surface area contributed by atoms with E-state index in [1.54, 1.807) is 4.90 Å². The molecule has 2 aromatic carbocycles. The molecular weight excluding hydrogens is 362 g/mol. The number of likely N-dealkylation sites (tertiary alicyclic amines) is 1. The molecule has 2 amide bonds. The summed E-state index contributed by atoms with van der Waals surface area (Å²) in [5.41, 5.74) is 2.70. The van der Waals surface area contributed by atoms with Crippen LogP contribution in [0.4, 0.5) is 5.69 Å². The number of rotatable bonds is 4. The largest absolute Gasteiger partial charge is 0.334 e. The number of nitrogens with one attached hydrogen (secondary N) is 1. The average molecular weight is 392 g/mol. The second-order valence-electron chi connectivity index (χ2n) is 7.98. The number of anilines is 1. The Morgan fingerprint density at radius 3 is 2.41 bits per heavy atom. The minimum Gasteiger partial charge on any atom is -0.334 e. The third kappa shape index (κ3) is 4.67. The zero-order valence-electron chi connectivity index (χ0n) is 16.8. The molecule has 0 aromatic heterocycles. The Bertz CT molecular complexity index is 846. The molecule has 1 atom stereocenters. The van der Waals surface area contributed by atoms with Gasteiger partial charge in [-0.3, -0.25) is 19.4 Å². The first-order valence-electron chi connectivity index (χ1n) is 10.7. The topological polar surface area (TPSA) is 52.7 Å². The van der Waals surface area contributed by atoms with Gasteiger partial charge in [-0.25, -0.2) is 0 Å². The van der Waals surface area contributed by atoms with Gasteiger partial charge in [-0.05, 0) is 69.0 Å². The molecule has 5 nitrogen and oxygen atoms in total. The zero-order chi connectivity index (χ0) is 20.1. The van der Waals surface area contributed by atoms with E-state index in [1.165, 1.54) is 6.42 Å². The van der Waals surface area contributed by atoms with Crippen LogP contribution in [0.5, 0.6) is 0 Å². The molecule has 1 saturated heterocycles. The van der Waals surface area contributed by atoms with Crippen molar-refractivity contribution >= 4 is 17.5 Å². The van der Waals surface area contributed by atoms with Gasteiger partial charge >= 0.3 is 0 Å². The van der Waals surface area contributed by atoms with E-state index in [0.29, 0.717) is 12.1 Å². The zero-order valence-corrected chi connectivity index (χ0v) is 16.8. The Morgan fingerprint density at radius 1 is 0.897 bits per heavy atom. The van der Waals surface area contributed by atoms with Crippen LogP contribution in [0.3, 0.4) is 0 Å². The second kappa shape index (κ2) is 9.23. The molecule has 0 radical (unpaired) electrons. The number of piperidine rings is 1. The summed E-state index contributed by atoms with van der Waals surface area (Å²) in [6.07, 6.45) is 5.82. The van der Waals surface area contributed by atoms with E-state index in [9.17, 15) is 9.59 Å². The van der Waals surface area contributed by atoms with Gasteiger partial charge in [0.2, 0.25) is 5.91 Å². The Kier molecular flexibility index (Phi) is 6.25. The second-order valence-corrected chi connectivity index (χ2v) is 7.98. The Morgan fingerprint density at radius 2 is 1.62 bits per heavy atom. The standard InChI is InChI=1S/C24H29N3O2/c28-23(18-26-16-7-2-8-17-26)25-22-15-9-13-19-10-5-6-14-21(19)27(22)24(29)20-11-3-1-4-12-20/h1,3-6,10-12,14,22H,2,7-9,13,15-18H2,(H,25,28). The van der Waals surface area contributed by atoms with Gasteiger partial charge in [0.25, 0.3) is 5.91 Å². The lowest BCUT2D eigenvalue weighted by molar-refractivity contribution is -0.123. The first kappa shape index (κ1) is 19.6. The summed E-state index contributed by atoms with van der Waals surface area (Å²) < 4.78 is 0. The van der Waals surface area contributed by atoms with E-state index in [4.69, 9.17) is 0 Å². The molecule has 2 heterocycles. The summed E-state index contributed by atoms with van der Waals surface area (Å²) in [5.74, 6) is -0.0645. The van der Waals surface area contributed by atoms with Crippen molar-refractivity contribution in [3.8, 4) is 0 Å². The number of benzene rings is 2. The fraction of sp³-hybridized carbons (Fsp3) is 0.417. The van der Waals surface area contributed by atoms with Crippen LogP contribution in [0, 0.1) is 0 Å². The summed E-state index contributed by atoms with van der Waals surface area (Å²) >= 11 is 0. The number of amides is 2. The highest BCUT2D eigenvalue weighted by Gasteiger charge is 2.31. The van der Waals surface area contributed by atoms with Crippen LogP contribution in [-0.2, 0) is 11.2 Å². The molecule has 0 spiro atoms. The van der Waals surface area contributed by atoms with Gasteiger partial charge in [-0.15, -0.1) is 0 Å². The fourth-order valence-corrected chi connectivity index (χ4v) is 4.40. The van der Waals surface area contributed by atoms with Crippen molar-refractivity contribution in [2.24, 2.45) is 0 Å². The maximum absolute atomic E-state index is 13.5. The van der Waals surface area contributed by atoms with E-state index >= 15 is 0 Å². The minimum absolute atomic E-state index is 0.00198. The third-order valence-electron chi connectivity index (χ3n) is 5.87. The summed E-state index contributed by atoms with van der Waals surface area (Å²) in [4.78, 5) is 30.3. The highest BCUT2D eigenvalue weighted by Crippen LogP contribution is 2.30. The molecular formula is C24H29N3O2. The molecule has 2 aromatic rings. The van der Waals surface area contributed by atoms with Gasteiger partial charge in [0.1, 0.15) is 6.17 Å². The van der Waals surface area contributed by atoms with E-state index < -0.39 is 0 Å². The van der Waals surface area contributed by atoms with Crippen molar-refractivity contribution < 1.29 is 9.59 Å². The number of fused-ring (bicyclic) bond motifs is 1. The SMILES string of the molecule is O=C(CN1CCCCC1)NC1CCCc2ccccc2N1C(=O)c1ccccc1. The van der Waals surface area contributed by atoms with E-state index in [2.05, 4.69) is 16.3 Å². The number of nitrogens with zero attached hydrogens (tertiary/aromatic N) is 2. The third-order valence-corrected chi connectivity index (χ3v) is 5.87. The normalized spacial score (nSPS) is 19.9. The maximum atomic E-state index is 13.5. The van der Waals surface area contributed by atoms with Crippen molar-refractivity contribution in [1.82, 2.24) is 10.2 Å². The maximum Gasteiger partial charge on any atom is 0.259 e. The van der Waals surface area contributed by atoms with Crippen molar-refractivity contribution in [2.75, 3.05) is 24.5 Å². The molecule has 1 N–H and O–H groups in total. The Labute approximate surface area is 172 Å². The van der Waals surface area contributed by atoms with Gasteiger partial charge in [-0.1, -0.05) is 42.8 Å². The predicted octanol–water partition coefficient (Wildman–Crippen LogP) is 3.60. The van der Waals surface area contributed by atoms with Crippen LogP contribution >= 0.6 is 0 Å². The van der Waals surface area contributed by atoms with Gasteiger partial charge in [0, 0.05) is 11.3 Å². The van der Waals surface area contributed by atoms with Crippen LogP contribution < -0.4 is 10.2 Å². The molecule has 5 heteroatoms. The van der Waals surface area contributed by atoms with Gasteiger partial charge in [-0.2, -0.15) is 0 Å². The molecule has 152 valence electrons. The predicted molar refractivity (Wildman–Crippen MR) is 115 cm³/mol. The first-order valence-corrected chi connectivity index (χ1v) is 10.7. The molecule has 2 aliphatic heterocycles. The summed E-state index contributed by atoms with van der Waals surface area (Å²) in [7, 11) is 0. The number of para-hydroxylation sites is 1. The first-order chi connectivity index (χ1) is 14.2. The van der Waals surface area contributed by atoms with Crippen molar-refractivity contribution in [2.45, 2.75) is 44.7 Å². The average Bonchev–Trinajstić information content (AvgIpc) is 2.93. The van der Waals surface area contributed by atoms with Crippen LogP contribution in [0.1, 0.15) is 48.0 Å². The molecule has 2 aliphatic rings. The molecule has 1 fully saturated rings. The van der Waals surface area contributed by atoms with Crippen LogP contribution in [0.15, 0.2) is 54.6 Å². The smallest absolute Gasteiger partial charge is 0.259 e. The molecule has 4 rings (SSSR count). The number of hydrogen-bond acceptors (Lipinski definition) is 3. The number of carbonyl (C=O) groups is 2. The molecule has 1 unspecified atom stereocenters. The summed E-state index contributed by atoms with van der Waals surface area (Å²) in [5, 5.41) is 3.17. The van der Waals surface area contributed by atoms with Gasteiger partial charge in [0.15, 0.2) is 0 Å². The van der Waals surface area contributed by atoms with E-state index in [-0.39, 0.29) is 18.0 Å². The van der Waals surface area contributed by atoms with Crippen LogP contribution in [0.2, 0.25) is 0 Å². The highest BCUT2D eigenvalue weighted by molar-refractivity contribution is 6.07. The Balaban J connectivity index is 1.58. The summed E-state index contributed by atoms with van der Waals surface area (Å²) in [6, 6.07) is 17.4. The molecule has 0 aliphatic carbocycles. The van der Waals surface area contributed by atoms with Crippen molar-refractivity contribution in [3.05, 3.63) is 65.7 Å². The monoisotopic (exact) mass is 391 g/mol. The number of hydrogen-bond donors (Lipinski definition) is 1. The fourth-order valence-electron chi connectivity index (χ4n) is 4.40. The van der Waals surface area contributed by atoms with Crippen molar-refractivity contribution in [1.29, 1.82) is 0 Å². The van der Waals surface area contributed by atoms with E-state index in [1.807, 2.05) is 48.5 Å². The Hall–Kier alpha value is -2.66. The quantitative estimate of drug-likeness (QED) is 0.866. The van der Waals surface area contributed by atoms with E-state index in [0.717, 1.165) is 56.4 Å². The van der Waals surface area contributed by atoms with Crippen LogP contribution in [-0.4, -0.2) is 42.5 Å².